The fraction of sp³-hybridized carbons (Fsp3) is 0.316. The zero-order valence-electron chi connectivity index (χ0n) is 13.4. The summed E-state index contributed by atoms with van der Waals surface area (Å²) in [5.41, 5.74) is 0.956. The summed E-state index contributed by atoms with van der Waals surface area (Å²) in [5, 5.41) is 11.4. The summed E-state index contributed by atoms with van der Waals surface area (Å²) in [4.78, 5) is 25.7. The Morgan fingerprint density at radius 1 is 0.958 bits per heavy atom. The van der Waals surface area contributed by atoms with Crippen molar-refractivity contribution >= 4 is 23.0 Å². The highest BCUT2D eigenvalue weighted by molar-refractivity contribution is 6.03. The fourth-order valence-corrected chi connectivity index (χ4v) is 3.30. The van der Waals surface area contributed by atoms with Crippen LogP contribution in [0.4, 0.5) is 17.1 Å². The molecule has 0 heterocycles. The second-order valence-corrected chi connectivity index (χ2v) is 6.09. The van der Waals surface area contributed by atoms with Gasteiger partial charge in [0.1, 0.15) is 5.69 Å². The Bertz CT molecular complexity index is 724. The van der Waals surface area contributed by atoms with Crippen molar-refractivity contribution in [3.05, 3.63) is 64.7 Å². The third-order valence-corrected chi connectivity index (χ3v) is 4.51. The van der Waals surface area contributed by atoms with Crippen LogP contribution in [0.15, 0.2) is 54.6 Å². The molecule has 0 atom stereocenters. The van der Waals surface area contributed by atoms with E-state index in [2.05, 4.69) is 0 Å². The van der Waals surface area contributed by atoms with E-state index in [1.165, 1.54) is 11.0 Å². The van der Waals surface area contributed by atoms with Gasteiger partial charge in [0.25, 0.3) is 5.69 Å². The highest BCUT2D eigenvalue weighted by atomic mass is 16.6. The van der Waals surface area contributed by atoms with Crippen molar-refractivity contribution in [2.45, 2.75) is 32.1 Å². The summed E-state index contributed by atoms with van der Waals surface area (Å²) >= 11 is 0. The van der Waals surface area contributed by atoms with Crippen LogP contribution in [0, 0.1) is 16.0 Å². The van der Waals surface area contributed by atoms with E-state index in [4.69, 9.17) is 0 Å². The van der Waals surface area contributed by atoms with E-state index < -0.39 is 4.92 Å². The molecule has 1 aliphatic rings. The number of para-hydroxylation sites is 3. The number of rotatable bonds is 4. The van der Waals surface area contributed by atoms with Crippen molar-refractivity contribution in [3.8, 4) is 0 Å². The minimum absolute atomic E-state index is 0.0461. The lowest BCUT2D eigenvalue weighted by molar-refractivity contribution is -0.384. The molecule has 0 unspecified atom stereocenters. The van der Waals surface area contributed by atoms with E-state index in [-0.39, 0.29) is 17.5 Å². The predicted octanol–water partition coefficient (Wildman–Crippen LogP) is 4.84. The van der Waals surface area contributed by atoms with E-state index in [0.717, 1.165) is 32.1 Å². The Morgan fingerprint density at radius 3 is 2.25 bits per heavy atom. The molecule has 1 amide bonds. The van der Waals surface area contributed by atoms with E-state index in [1.54, 1.807) is 18.2 Å². The van der Waals surface area contributed by atoms with Crippen LogP contribution in [-0.2, 0) is 4.79 Å². The summed E-state index contributed by atoms with van der Waals surface area (Å²) in [5.74, 6) is -0.117. The first-order valence-corrected chi connectivity index (χ1v) is 8.31. The number of benzene rings is 2. The zero-order chi connectivity index (χ0) is 16.9. The van der Waals surface area contributed by atoms with Gasteiger partial charge in [-0.1, -0.05) is 49.6 Å². The monoisotopic (exact) mass is 324 g/mol. The minimum atomic E-state index is -0.431. The summed E-state index contributed by atoms with van der Waals surface area (Å²) in [6.07, 6.45) is 4.93. The van der Waals surface area contributed by atoms with Crippen molar-refractivity contribution in [1.29, 1.82) is 0 Å². The van der Waals surface area contributed by atoms with E-state index in [1.807, 2.05) is 30.3 Å². The molecule has 0 aliphatic heterocycles. The smallest absolute Gasteiger partial charge is 0.274 e. The number of amides is 1. The Hall–Kier alpha value is -2.69. The zero-order valence-corrected chi connectivity index (χ0v) is 13.4. The molecule has 0 spiro atoms. The van der Waals surface area contributed by atoms with Gasteiger partial charge in [0, 0.05) is 17.7 Å². The molecule has 2 aromatic rings. The van der Waals surface area contributed by atoms with E-state index in [9.17, 15) is 14.9 Å². The minimum Gasteiger partial charge on any atom is -0.274 e. The van der Waals surface area contributed by atoms with Gasteiger partial charge in [0.2, 0.25) is 5.91 Å². The van der Waals surface area contributed by atoms with Gasteiger partial charge in [-0.15, -0.1) is 0 Å². The number of nitro groups is 1. The van der Waals surface area contributed by atoms with E-state index in [0.29, 0.717) is 11.4 Å². The second kappa shape index (κ2) is 7.25. The molecule has 5 heteroatoms. The topological polar surface area (TPSA) is 63.5 Å². The van der Waals surface area contributed by atoms with Crippen LogP contribution in [0.1, 0.15) is 32.1 Å². The molecule has 124 valence electrons. The number of carbonyl (C=O) groups excluding carboxylic acids is 1. The SMILES string of the molecule is O=C(C1CCCCC1)N(c1ccccc1)c1ccccc1[N+](=O)[O-]. The van der Waals surface area contributed by atoms with Crippen LogP contribution in [0.3, 0.4) is 0 Å². The van der Waals surface area contributed by atoms with Crippen LogP contribution < -0.4 is 4.90 Å². The van der Waals surface area contributed by atoms with Crippen molar-refractivity contribution in [1.82, 2.24) is 0 Å². The first kappa shape index (κ1) is 16.2. The Morgan fingerprint density at radius 2 is 1.58 bits per heavy atom. The molecule has 24 heavy (non-hydrogen) atoms. The molecule has 0 aromatic heterocycles. The summed E-state index contributed by atoms with van der Waals surface area (Å²) in [7, 11) is 0. The molecule has 1 aliphatic carbocycles. The lowest BCUT2D eigenvalue weighted by Gasteiger charge is -2.29. The maximum Gasteiger partial charge on any atom is 0.293 e. The van der Waals surface area contributed by atoms with Gasteiger partial charge in [-0.3, -0.25) is 19.8 Å². The van der Waals surface area contributed by atoms with Crippen molar-refractivity contribution in [2.75, 3.05) is 4.90 Å². The van der Waals surface area contributed by atoms with Crippen LogP contribution in [-0.4, -0.2) is 10.8 Å². The van der Waals surface area contributed by atoms with Crippen LogP contribution in [0.25, 0.3) is 0 Å². The third-order valence-electron chi connectivity index (χ3n) is 4.51. The molecule has 0 N–H and O–H groups in total. The standard InChI is InChI=1S/C19H20N2O3/c22-19(15-9-3-1-4-10-15)20(16-11-5-2-6-12-16)17-13-7-8-14-18(17)21(23)24/h2,5-8,11-15H,1,3-4,9-10H2. The predicted molar refractivity (Wildman–Crippen MR) is 93.3 cm³/mol. The first-order chi connectivity index (χ1) is 11.7. The van der Waals surface area contributed by atoms with Gasteiger partial charge < -0.3 is 0 Å². The third kappa shape index (κ3) is 3.30. The lowest BCUT2D eigenvalue weighted by atomic mass is 9.88. The fourth-order valence-electron chi connectivity index (χ4n) is 3.30. The van der Waals surface area contributed by atoms with E-state index >= 15 is 0 Å². The highest BCUT2D eigenvalue weighted by Crippen LogP contribution is 2.37. The molecular weight excluding hydrogens is 304 g/mol. The highest BCUT2D eigenvalue weighted by Gasteiger charge is 2.31. The number of hydrogen-bond acceptors (Lipinski definition) is 3. The number of nitro benzene ring substituents is 1. The summed E-state index contributed by atoms with van der Waals surface area (Å²) in [6.45, 7) is 0. The molecule has 1 fully saturated rings. The van der Waals surface area contributed by atoms with Gasteiger partial charge >= 0.3 is 0 Å². The number of nitrogens with zero attached hydrogens (tertiary/aromatic N) is 2. The average Bonchev–Trinajstić information content (AvgIpc) is 2.64. The maximum atomic E-state index is 13.2. The van der Waals surface area contributed by atoms with Crippen LogP contribution >= 0.6 is 0 Å². The van der Waals surface area contributed by atoms with Crippen molar-refractivity contribution in [3.63, 3.8) is 0 Å². The van der Waals surface area contributed by atoms with Crippen LogP contribution in [0.5, 0.6) is 0 Å². The summed E-state index contributed by atoms with van der Waals surface area (Å²) in [6, 6.07) is 15.6. The van der Waals surface area contributed by atoms with Gasteiger partial charge in [0.15, 0.2) is 0 Å². The molecule has 5 nitrogen and oxygen atoms in total. The van der Waals surface area contributed by atoms with Gasteiger partial charge in [-0.25, -0.2) is 0 Å². The normalized spacial score (nSPS) is 15.0. The number of anilines is 2. The Balaban J connectivity index is 2.06. The van der Waals surface area contributed by atoms with Gasteiger partial charge in [0.05, 0.1) is 4.92 Å². The lowest BCUT2D eigenvalue weighted by Crippen LogP contribution is -2.34. The molecule has 0 bridgehead atoms. The number of hydrogen-bond donors (Lipinski definition) is 0. The van der Waals surface area contributed by atoms with Gasteiger partial charge in [-0.2, -0.15) is 0 Å². The van der Waals surface area contributed by atoms with Crippen LogP contribution in [0.2, 0.25) is 0 Å². The molecule has 3 rings (SSSR count). The molecule has 0 saturated heterocycles. The molecule has 2 aromatic carbocycles. The molecular formula is C19H20N2O3. The second-order valence-electron chi connectivity index (χ2n) is 6.09. The maximum absolute atomic E-state index is 13.2. The Labute approximate surface area is 141 Å². The number of carbonyl (C=O) groups is 1. The first-order valence-electron chi connectivity index (χ1n) is 8.31. The van der Waals surface area contributed by atoms with Crippen molar-refractivity contribution in [2.24, 2.45) is 5.92 Å². The quantitative estimate of drug-likeness (QED) is 0.597. The molecule has 1 saturated carbocycles. The molecule has 0 radical (unpaired) electrons. The van der Waals surface area contributed by atoms with Crippen molar-refractivity contribution < 1.29 is 9.72 Å². The average molecular weight is 324 g/mol. The summed E-state index contributed by atoms with van der Waals surface area (Å²) < 4.78 is 0. The largest absolute Gasteiger partial charge is 0.293 e. The Kier molecular flexibility index (Phi) is 4.89. The van der Waals surface area contributed by atoms with Gasteiger partial charge in [-0.05, 0) is 31.0 Å².